The predicted molar refractivity (Wildman–Crippen MR) is 73.4 cm³/mol. The highest BCUT2D eigenvalue weighted by atomic mass is 32.2. The lowest BCUT2D eigenvalue weighted by Crippen LogP contribution is -2.27. The van der Waals surface area contributed by atoms with Crippen LogP contribution in [0, 0.1) is 0 Å². The summed E-state index contributed by atoms with van der Waals surface area (Å²) < 4.78 is 1.61. The van der Waals surface area contributed by atoms with Crippen LogP contribution in [0.2, 0.25) is 0 Å². The van der Waals surface area contributed by atoms with Gasteiger partial charge in [0.15, 0.2) is 0 Å². The monoisotopic (exact) mass is 253 g/mol. The molecular formula is C9H20NOPS2. The van der Waals surface area contributed by atoms with Gasteiger partial charge in [0.25, 0.3) is 0 Å². The Morgan fingerprint density at radius 2 is 2.50 bits per heavy atom. The number of hydrogen-bond donors (Lipinski definition) is 2. The van der Waals surface area contributed by atoms with Crippen LogP contribution in [0.1, 0.15) is 19.3 Å². The van der Waals surface area contributed by atoms with Gasteiger partial charge in [-0.2, -0.15) is 10.5 Å². The van der Waals surface area contributed by atoms with Crippen molar-refractivity contribution in [2.24, 2.45) is 0 Å². The van der Waals surface area contributed by atoms with Crippen molar-refractivity contribution < 1.29 is 5.11 Å². The molecule has 0 saturated carbocycles. The molecule has 0 fully saturated rings. The van der Waals surface area contributed by atoms with Gasteiger partial charge in [-0.25, -0.2) is 0 Å². The van der Waals surface area contributed by atoms with Crippen molar-refractivity contribution >= 4 is 35.7 Å². The van der Waals surface area contributed by atoms with Crippen LogP contribution in [0.15, 0.2) is 0 Å². The predicted octanol–water partition coefficient (Wildman–Crippen LogP) is 1.67. The molecule has 1 rings (SSSR count). The number of aliphatic hydroxyl groups excluding tert-OH is 1. The van der Waals surface area contributed by atoms with Crippen LogP contribution in [-0.4, -0.2) is 39.6 Å². The third-order valence-corrected chi connectivity index (χ3v) is 6.57. The van der Waals surface area contributed by atoms with Crippen molar-refractivity contribution in [3.8, 4) is 0 Å². The summed E-state index contributed by atoms with van der Waals surface area (Å²) in [6, 6.07) is 0. The number of thioether (sulfide) groups is 1. The molecule has 3 atom stereocenters. The molecule has 0 spiro atoms. The molecule has 1 aliphatic heterocycles. The number of rotatable bonds is 5. The van der Waals surface area contributed by atoms with E-state index in [9.17, 15) is 5.11 Å². The molecule has 14 heavy (non-hydrogen) atoms. The molecule has 0 aromatic carbocycles. The number of aliphatic hydroxyl groups is 1. The average molecular weight is 253 g/mol. The van der Waals surface area contributed by atoms with Gasteiger partial charge in [0.2, 0.25) is 0 Å². The van der Waals surface area contributed by atoms with E-state index in [-0.39, 0.29) is 6.23 Å². The highest BCUT2D eigenvalue weighted by Crippen LogP contribution is 2.28. The molecule has 0 radical (unpaired) electrons. The van der Waals surface area contributed by atoms with Gasteiger partial charge < -0.3 is 5.11 Å². The topological polar surface area (TPSA) is 32.3 Å². The minimum atomic E-state index is -0.334. The summed E-state index contributed by atoms with van der Waals surface area (Å²) in [6.45, 7) is 0. The second kappa shape index (κ2) is 7.24. The highest BCUT2D eigenvalue weighted by Gasteiger charge is 2.10. The maximum atomic E-state index is 9.52. The second-order valence-corrected chi connectivity index (χ2v) is 7.41. The minimum absolute atomic E-state index is 0.334. The van der Waals surface area contributed by atoms with Gasteiger partial charge in [0, 0.05) is 10.5 Å². The number of hydrogen-bond acceptors (Lipinski definition) is 3. The highest BCUT2D eigenvalue weighted by molar-refractivity contribution is 8.34. The summed E-state index contributed by atoms with van der Waals surface area (Å²) in [6.07, 6.45) is 6.05. The van der Waals surface area contributed by atoms with E-state index in [1.807, 2.05) is 11.8 Å². The SMILES string of the molecule is CS1=C(CCC(O)NCP)SCCC1. The standard InChI is InChI=1S/C9H20NOPS2/c1-14-6-2-5-13-9(14)4-3-8(11)10-7-12/h8,10-11H,2-7,12H2,1H3. The van der Waals surface area contributed by atoms with E-state index in [2.05, 4.69) is 20.8 Å². The summed E-state index contributed by atoms with van der Waals surface area (Å²) in [5.41, 5.74) is 0. The first-order valence-corrected chi connectivity index (χ1v) is 8.57. The van der Waals surface area contributed by atoms with E-state index in [4.69, 9.17) is 0 Å². The fourth-order valence-electron chi connectivity index (χ4n) is 1.41. The van der Waals surface area contributed by atoms with Crippen LogP contribution >= 0.6 is 31.5 Å². The maximum absolute atomic E-state index is 9.52. The van der Waals surface area contributed by atoms with E-state index in [1.165, 1.54) is 17.9 Å². The van der Waals surface area contributed by atoms with E-state index >= 15 is 0 Å². The lowest BCUT2D eigenvalue weighted by molar-refractivity contribution is 0.138. The quantitative estimate of drug-likeness (QED) is 0.444. The Labute approximate surface area is 95.7 Å². The Balaban J connectivity index is 2.29. The second-order valence-electron chi connectivity index (χ2n) is 3.38. The third-order valence-electron chi connectivity index (χ3n) is 2.22. The Bertz CT molecular complexity index is 211. The third kappa shape index (κ3) is 4.63. The van der Waals surface area contributed by atoms with Crippen LogP contribution in [0.25, 0.3) is 0 Å². The van der Waals surface area contributed by atoms with E-state index < -0.39 is 0 Å². The summed E-state index contributed by atoms with van der Waals surface area (Å²) in [7, 11) is 3.05. The summed E-state index contributed by atoms with van der Waals surface area (Å²) in [5.74, 6) is 2.63. The van der Waals surface area contributed by atoms with E-state index in [0.29, 0.717) is 10.5 Å². The molecule has 2 N–H and O–H groups in total. The van der Waals surface area contributed by atoms with Crippen molar-refractivity contribution in [2.45, 2.75) is 25.5 Å². The zero-order chi connectivity index (χ0) is 10.4. The first kappa shape index (κ1) is 13.0. The minimum Gasteiger partial charge on any atom is -0.379 e. The Hall–Kier alpha value is 0.920. The van der Waals surface area contributed by atoms with Gasteiger partial charge in [-0.05, 0) is 37.0 Å². The maximum Gasteiger partial charge on any atom is 0.105 e. The molecule has 0 amide bonds. The summed E-state index contributed by atoms with van der Waals surface area (Å²) in [4.78, 5) is 0. The van der Waals surface area contributed by atoms with Crippen LogP contribution in [0.3, 0.4) is 0 Å². The van der Waals surface area contributed by atoms with Crippen LogP contribution in [0.4, 0.5) is 0 Å². The molecule has 0 aliphatic carbocycles. The van der Waals surface area contributed by atoms with Crippen molar-refractivity contribution in [3.05, 3.63) is 0 Å². The zero-order valence-electron chi connectivity index (χ0n) is 8.66. The van der Waals surface area contributed by atoms with Crippen LogP contribution in [-0.2, 0) is 0 Å². The fourth-order valence-corrected chi connectivity index (χ4v) is 5.22. The molecule has 1 heterocycles. The van der Waals surface area contributed by atoms with E-state index in [1.54, 1.807) is 4.20 Å². The van der Waals surface area contributed by atoms with Gasteiger partial charge in [-0.15, -0.1) is 21.0 Å². The van der Waals surface area contributed by atoms with E-state index in [0.717, 1.165) is 19.1 Å². The molecule has 0 saturated heterocycles. The lowest BCUT2D eigenvalue weighted by atomic mass is 10.3. The molecular weight excluding hydrogens is 233 g/mol. The zero-order valence-corrected chi connectivity index (χ0v) is 11.4. The lowest BCUT2D eigenvalue weighted by Gasteiger charge is -2.19. The van der Waals surface area contributed by atoms with Crippen molar-refractivity contribution in [3.63, 3.8) is 0 Å². The van der Waals surface area contributed by atoms with Gasteiger partial charge in [-0.3, -0.25) is 5.32 Å². The van der Waals surface area contributed by atoms with Gasteiger partial charge in [0.1, 0.15) is 6.23 Å². The molecule has 0 aromatic rings. The first-order valence-electron chi connectivity index (χ1n) is 4.96. The number of nitrogens with one attached hydrogen (secondary N) is 1. The Morgan fingerprint density at radius 3 is 3.14 bits per heavy atom. The Morgan fingerprint density at radius 1 is 1.71 bits per heavy atom. The molecule has 5 heteroatoms. The summed E-state index contributed by atoms with van der Waals surface area (Å²) in [5, 5.41) is 12.5. The van der Waals surface area contributed by atoms with Gasteiger partial charge in [0.05, 0.1) is 0 Å². The largest absolute Gasteiger partial charge is 0.379 e. The van der Waals surface area contributed by atoms with Crippen molar-refractivity contribution in [1.82, 2.24) is 5.32 Å². The molecule has 0 bridgehead atoms. The Kier molecular flexibility index (Phi) is 6.71. The molecule has 2 nitrogen and oxygen atoms in total. The van der Waals surface area contributed by atoms with Crippen molar-refractivity contribution in [1.29, 1.82) is 0 Å². The van der Waals surface area contributed by atoms with Crippen LogP contribution in [0.5, 0.6) is 0 Å². The molecule has 84 valence electrons. The smallest absolute Gasteiger partial charge is 0.105 e. The molecule has 0 aromatic heterocycles. The van der Waals surface area contributed by atoms with Gasteiger partial charge >= 0.3 is 0 Å². The first-order chi connectivity index (χ1) is 6.74. The summed E-state index contributed by atoms with van der Waals surface area (Å²) >= 11 is 2.02. The average Bonchev–Trinajstić information content (AvgIpc) is 2.17. The van der Waals surface area contributed by atoms with Crippen LogP contribution < -0.4 is 5.32 Å². The van der Waals surface area contributed by atoms with Gasteiger partial charge in [-0.1, -0.05) is 0 Å². The fraction of sp³-hybridized carbons (Fsp3) is 0.889. The molecule has 3 unspecified atom stereocenters. The normalized spacial score (nSPS) is 25.1. The molecule has 1 aliphatic rings. The van der Waals surface area contributed by atoms with Crippen molar-refractivity contribution in [2.75, 3.05) is 24.0 Å².